The second kappa shape index (κ2) is 13.0. The van der Waals surface area contributed by atoms with Crippen LogP contribution < -0.4 is 15.4 Å². The molecule has 2 N–H and O–H groups in total. The lowest BCUT2D eigenvalue weighted by Gasteiger charge is -2.24. The summed E-state index contributed by atoms with van der Waals surface area (Å²) in [5.41, 5.74) is 1.13. The zero-order chi connectivity index (χ0) is 28.8. The van der Waals surface area contributed by atoms with E-state index < -0.39 is 23.9 Å². The number of nitrogens with zero attached hydrogens (tertiary/aromatic N) is 2. The summed E-state index contributed by atoms with van der Waals surface area (Å²) < 4.78 is 31.6. The lowest BCUT2D eigenvalue weighted by atomic mass is 10.1. The molecule has 1 saturated heterocycles. The van der Waals surface area contributed by atoms with E-state index in [1.165, 1.54) is 30.0 Å². The summed E-state index contributed by atoms with van der Waals surface area (Å²) in [6.07, 6.45) is 2.16. The monoisotopic (exact) mass is 588 g/mol. The average molecular weight is 589 g/mol. The molecule has 0 saturated carbocycles. The molecule has 1 fully saturated rings. The molecule has 2 heterocycles. The van der Waals surface area contributed by atoms with Crippen molar-refractivity contribution in [3.8, 4) is 5.75 Å². The Balaban J connectivity index is 1.49. The highest BCUT2D eigenvalue weighted by Crippen LogP contribution is 2.28. The van der Waals surface area contributed by atoms with Crippen molar-refractivity contribution in [1.29, 1.82) is 0 Å². The predicted molar refractivity (Wildman–Crippen MR) is 146 cm³/mol. The summed E-state index contributed by atoms with van der Waals surface area (Å²) in [4.78, 5) is 52.1. The Labute approximate surface area is 236 Å². The van der Waals surface area contributed by atoms with Crippen LogP contribution in [0.3, 0.4) is 0 Å². The fourth-order valence-corrected chi connectivity index (χ4v) is 5.05. The number of ketones is 1. The van der Waals surface area contributed by atoms with E-state index in [1.807, 2.05) is 0 Å². The molecule has 0 unspecified atom stereocenters. The minimum absolute atomic E-state index is 0.0403. The third-order valence-electron chi connectivity index (χ3n) is 6.58. The standard InChI is InChI=1S/C27H27ClFN4O6P/c1-16(34)20-14-32(23-12-18(7-8-19(20)23)39-27(37)30-9-11-40-38)15-24(35)33-10-3-6-22(33)26(36)31-13-17-4-2-5-21(28)25(17)29/h2,4-5,7-8,12,14,22H,3,6,9-11,13,15H2,1H3,(H,30,37)(H,31,36)/t22-/m0/s1. The SMILES string of the molecule is CC(=O)c1cn(CC(=O)N2CCC[C@H]2C(=O)NCc2cccc(Cl)c2F)c2cc(OC(=O)NCCP=O)ccc12. The Morgan fingerprint density at radius 2 is 1.98 bits per heavy atom. The number of halogens is 2. The molecule has 3 aromatic rings. The number of carbonyl (C=O) groups excluding carboxylic acids is 4. The van der Waals surface area contributed by atoms with E-state index >= 15 is 0 Å². The summed E-state index contributed by atoms with van der Waals surface area (Å²) in [6.45, 7) is 1.73. The van der Waals surface area contributed by atoms with Crippen LogP contribution in [0.5, 0.6) is 5.75 Å². The van der Waals surface area contributed by atoms with Gasteiger partial charge in [0.1, 0.15) is 24.2 Å². The molecule has 1 atom stereocenters. The molecule has 1 aromatic heterocycles. The number of benzene rings is 2. The van der Waals surface area contributed by atoms with Gasteiger partial charge in [0.2, 0.25) is 11.8 Å². The van der Waals surface area contributed by atoms with Crippen molar-refractivity contribution in [3.63, 3.8) is 0 Å². The van der Waals surface area contributed by atoms with Crippen LogP contribution in [0, 0.1) is 5.82 Å². The first-order valence-corrected chi connectivity index (χ1v) is 14.0. The Hall–Kier alpha value is -3.82. The van der Waals surface area contributed by atoms with Gasteiger partial charge in [-0.25, -0.2) is 9.18 Å². The quantitative estimate of drug-likeness (QED) is 0.206. The molecule has 0 radical (unpaired) electrons. The van der Waals surface area contributed by atoms with Gasteiger partial charge in [-0.15, -0.1) is 0 Å². The van der Waals surface area contributed by atoms with E-state index in [0.29, 0.717) is 35.9 Å². The molecule has 13 heteroatoms. The van der Waals surface area contributed by atoms with Crippen LogP contribution >= 0.6 is 20.1 Å². The third-order valence-corrected chi connectivity index (χ3v) is 7.28. The number of hydrogen-bond donors (Lipinski definition) is 2. The highest BCUT2D eigenvalue weighted by atomic mass is 35.5. The van der Waals surface area contributed by atoms with Crippen molar-refractivity contribution in [2.45, 2.75) is 38.9 Å². The van der Waals surface area contributed by atoms with Crippen molar-refractivity contribution < 1.29 is 32.9 Å². The molecule has 3 amide bonds. The Kier molecular flexibility index (Phi) is 9.50. The predicted octanol–water partition coefficient (Wildman–Crippen LogP) is 4.32. The van der Waals surface area contributed by atoms with Crippen molar-refractivity contribution >= 4 is 54.7 Å². The minimum atomic E-state index is -0.729. The molecule has 2 aromatic carbocycles. The third kappa shape index (κ3) is 6.66. The van der Waals surface area contributed by atoms with Crippen LogP contribution in [0.15, 0.2) is 42.6 Å². The lowest BCUT2D eigenvalue weighted by molar-refractivity contribution is -0.138. The first kappa shape index (κ1) is 29.2. The average Bonchev–Trinajstić information content (AvgIpc) is 3.55. The Morgan fingerprint density at radius 3 is 2.73 bits per heavy atom. The maximum absolute atomic E-state index is 14.2. The molecule has 1 aliphatic heterocycles. The van der Waals surface area contributed by atoms with Gasteiger partial charge in [0.25, 0.3) is 0 Å². The van der Waals surface area contributed by atoms with Crippen molar-refractivity contribution in [3.05, 3.63) is 64.6 Å². The second-order valence-corrected chi connectivity index (χ2v) is 10.4. The van der Waals surface area contributed by atoms with Gasteiger partial charge in [-0.3, -0.25) is 18.9 Å². The van der Waals surface area contributed by atoms with Crippen molar-refractivity contribution in [2.24, 2.45) is 0 Å². The van der Waals surface area contributed by atoms with Gasteiger partial charge in [0, 0.05) is 54.6 Å². The summed E-state index contributed by atoms with van der Waals surface area (Å²) in [6, 6.07) is 8.53. The van der Waals surface area contributed by atoms with Gasteiger partial charge in [0.15, 0.2) is 14.2 Å². The number of nitrogens with one attached hydrogen (secondary N) is 2. The molecule has 0 aliphatic carbocycles. The van der Waals surface area contributed by atoms with E-state index in [4.69, 9.17) is 16.3 Å². The summed E-state index contributed by atoms with van der Waals surface area (Å²) >= 11 is 5.82. The molecule has 10 nitrogen and oxygen atoms in total. The van der Waals surface area contributed by atoms with Gasteiger partial charge in [0.05, 0.1) is 10.5 Å². The van der Waals surface area contributed by atoms with Crippen molar-refractivity contribution in [2.75, 3.05) is 19.3 Å². The molecular weight excluding hydrogens is 562 g/mol. The van der Waals surface area contributed by atoms with Crippen LogP contribution in [0.25, 0.3) is 10.9 Å². The summed E-state index contributed by atoms with van der Waals surface area (Å²) in [5, 5.41) is 5.71. The van der Waals surface area contributed by atoms with Crippen LogP contribution in [0.2, 0.25) is 5.02 Å². The van der Waals surface area contributed by atoms with Gasteiger partial charge >= 0.3 is 6.09 Å². The maximum Gasteiger partial charge on any atom is 0.412 e. The number of hydrogen-bond acceptors (Lipinski definition) is 6. The highest BCUT2D eigenvalue weighted by molar-refractivity contribution is 7.23. The fourth-order valence-electron chi connectivity index (χ4n) is 4.65. The highest BCUT2D eigenvalue weighted by Gasteiger charge is 2.34. The van der Waals surface area contributed by atoms with Gasteiger partial charge in [-0.1, -0.05) is 23.7 Å². The zero-order valence-corrected chi connectivity index (χ0v) is 23.3. The molecule has 1 aliphatic rings. The number of ether oxygens (including phenoxy) is 1. The second-order valence-electron chi connectivity index (χ2n) is 9.25. The number of Topliss-reactive ketones (excluding diaryl/α,β-unsaturated/α-hetero) is 1. The van der Waals surface area contributed by atoms with E-state index in [9.17, 15) is 28.1 Å². The van der Waals surface area contributed by atoms with E-state index in [2.05, 4.69) is 10.6 Å². The first-order valence-electron chi connectivity index (χ1n) is 12.6. The number of aromatic nitrogens is 1. The lowest BCUT2D eigenvalue weighted by Crippen LogP contribution is -2.46. The smallest absolute Gasteiger partial charge is 0.410 e. The molecule has 210 valence electrons. The van der Waals surface area contributed by atoms with Crippen LogP contribution in [0.1, 0.15) is 35.7 Å². The van der Waals surface area contributed by atoms with E-state index in [1.54, 1.807) is 29.0 Å². The molecular formula is C27H27ClFN4O6P. The van der Waals surface area contributed by atoms with Gasteiger partial charge in [-0.05, 0) is 38.0 Å². The van der Waals surface area contributed by atoms with Crippen LogP contribution in [0.4, 0.5) is 9.18 Å². The Bertz CT molecular complexity index is 1480. The number of amides is 3. The number of carbonyl (C=O) groups is 4. The van der Waals surface area contributed by atoms with Crippen LogP contribution in [-0.2, 0) is 27.2 Å². The first-order chi connectivity index (χ1) is 19.2. The summed E-state index contributed by atoms with van der Waals surface area (Å²) in [5.74, 6) is -1.35. The summed E-state index contributed by atoms with van der Waals surface area (Å²) in [7, 11) is -0.0975. The Morgan fingerprint density at radius 1 is 1.18 bits per heavy atom. The maximum atomic E-state index is 14.2. The van der Waals surface area contributed by atoms with Gasteiger partial charge in [-0.2, -0.15) is 0 Å². The van der Waals surface area contributed by atoms with Crippen LogP contribution in [-0.4, -0.2) is 58.5 Å². The zero-order valence-electron chi connectivity index (χ0n) is 21.6. The molecule has 0 spiro atoms. The van der Waals surface area contributed by atoms with E-state index in [-0.39, 0.29) is 62.3 Å². The normalized spacial score (nSPS) is 14.9. The molecule has 40 heavy (non-hydrogen) atoms. The minimum Gasteiger partial charge on any atom is -0.410 e. The molecule has 4 rings (SSSR count). The number of likely N-dealkylation sites (tertiary alicyclic amines) is 1. The molecule has 0 bridgehead atoms. The number of rotatable bonds is 10. The fraction of sp³-hybridized carbons (Fsp3) is 0.333. The van der Waals surface area contributed by atoms with E-state index in [0.717, 1.165) is 0 Å². The van der Waals surface area contributed by atoms with Crippen molar-refractivity contribution in [1.82, 2.24) is 20.1 Å². The number of fused-ring (bicyclic) bond motifs is 1. The topological polar surface area (TPSA) is 127 Å². The largest absolute Gasteiger partial charge is 0.412 e. The van der Waals surface area contributed by atoms with Gasteiger partial charge < -0.3 is 24.8 Å².